The third kappa shape index (κ3) is 5.76. The highest BCUT2D eigenvalue weighted by Gasteiger charge is 2.60. The number of halogens is 1. The second kappa shape index (κ2) is 12.3. The van der Waals surface area contributed by atoms with E-state index in [0.717, 1.165) is 43.2 Å². The molecule has 0 spiro atoms. The predicted molar refractivity (Wildman–Crippen MR) is 170 cm³/mol. The summed E-state index contributed by atoms with van der Waals surface area (Å²) >= 11 is 0. The number of hydrogen-bond acceptors (Lipinski definition) is 3. The zero-order chi connectivity index (χ0) is 30.3. The Morgan fingerprint density at radius 2 is 2.00 bits per heavy atom. The van der Waals surface area contributed by atoms with Crippen LogP contribution >= 0.6 is 0 Å². The van der Waals surface area contributed by atoms with Crippen LogP contribution in [0.3, 0.4) is 0 Å². The molecule has 1 unspecified atom stereocenters. The van der Waals surface area contributed by atoms with Crippen LogP contribution in [0.4, 0.5) is 4.39 Å². The molecule has 2 fully saturated rings. The van der Waals surface area contributed by atoms with Gasteiger partial charge < -0.3 is 4.74 Å². The summed E-state index contributed by atoms with van der Waals surface area (Å²) in [7, 11) is 0. The van der Waals surface area contributed by atoms with Crippen molar-refractivity contribution in [2.75, 3.05) is 6.61 Å². The third-order valence-corrected chi connectivity index (χ3v) is 11.9. The largest absolute Gasteiger partial charge is 0.466 e. The number of Topliss-reactive ketones (excluding diaryl/α,β-unsaturated/α-hetero) is 1. The van der Waals surface area contributed by atoms with Gasteiger partial charge >= 0.3 is 5.97 Å². The Morgan fingerprint density at radius 3 is 2.74 bits per heavy atom. The molecule has 5 aliphatic rings. The average molecular weight is 584 g/mol. The van der Waals surface area contributed by atoms with Gasteiger partial charge in [-0.25, -0.2) is 4.39 Å². The van der Waals surface area contributed by atoms with Crippen molar-refractivity contribution in [3.8, 4) is 0 Å². The molecule has 0 amide bonds. The van der Waals surface area contributed by atoms with Crippen LogP contribution in [0.25, 0.3) is 5.57 Å². The van der Waals surface area contributed by atoms with Crippen molar-refractivity contribution in [2.45, 2.75) is 85.5 Å². The van der Waals surface area contributed by atoms with Crippen LogP contribution in [0.15, 0.2) is 65.3 Å². The molecular formula is C39H48FO3. The van der Waals surface area contributed by atoms with Crippen LogP contribution in [0.5, 0.6) is 0 Å². The van der Waals surface area contributed by atoms with Crippen molar-refractivity contribution in [2.24, 2.45) is 46.8 Å². The Morgan fingerprint density at radius 1 is 1.16 bits per heavy atom. The number of benzene rings is 1. The molecule has 0 bridgehead atoms. The molecule has 0 heterocycles. The number of allylic oxidation sites excluding steroid dienone is 8. The summed E-state index contributed by atoms with van der Waals surface area (Å²) in [5.41, 5.74) is 6.03. The van der Waals surface area contributed by atoms with Crippen molar-refractivity contribution in [3.63, 3.8) is 0 Å². The number of carbonyl (C=O) groups excluding carboxylic acids is 2. The lowest BCUT2D eigenvalue weighted by atomic mass is 9.44. The van der Waals surface area contributed by atoms with Gasteiger partial charge in [-0.1, -0.05) is 62.8 Å². The molecule has 229 valence electrons. The zero-order valence-corrected chi connectivity index (χ0v) is 26.4. The minimum atomic E-state index is -0.192. The minimum absolute atomic E-state index is 0.0808. The molecule has 0 N–H and O–H groups in total. The maximum atomic E-state index is 13.9. The summed E-state index contributed by atoms with van der Waals surface area (Å²) in [5, 5.41) is 0. The van der Waals surface area contributed by atoms with E-state index in [2.05, 4.69) is 51.5 Å². The molecule has 0 saturated heterocycles. The number of rotatable bonds is 9. The lowest BCUT2D eigenvalue weighted by molar-refractivity contribution is -0.143. The summed E-state index contributed by atoms with van der Waals surface area (Å²) in [6.45, 7) is 9.30. The normalized spacial score (nSPS) is 35.1. The van der Waals surface area contributed by atoms with Gasteiger partial charge in [0.1, 0.15) is 5.82 Å². The van der Waals surface area contributed by atoms with E-state index >= 15 is 0 Å². The third-order valence-electron chi connectivity index (χ3n) is 11.9. The Kier molecular flexibility index (Phi) is 8.68. The van der Waals surface area contributed by atoms with Crippen LogP contribution in [0.2, 0.25) is 0 Å². The summed E-state index contributed by atoms with van der Waals surface area (Å²) < 4.78 is 19.1. The molecule has 4 heteroatoms. The van der Waals surface area contributed by atoms with Crippen molar-refractivity contribution in [1.82, 2.24) is 0 Å². The van der Waals surface area contributed by atoms with E-state index < -0.39 is 0 Å². The van der Waals surface area contributed by atoms with Crippen molar-refractivity contribution in [1.29, 1.82) is 0 Å². The fourth-order valence-electron chi connectivity index (χ4n) is 9.70. The van der Waals surface area contributed by atoms with Gasteiger partial charge in [-0.15, -0.1) is 0 Å². The second-order valence-electron chi connectivity index (χ2n) is 14.1. The molecule has 5 aliphatic carbocycles. The van der Waals surface area contributed by atoms with E-state index in [1.807, 2.05) is 13.0 Å². The van der Waals surface area contributed by atoms with Crippen LogP contribution in [0, 0.1) is 59.1 Å². The van der Waals surface area contributed by atoms with Gasteiger partial charge in [0.15, 0.2) is 5.78 Å². The van der Waals surface area contributed by atoms with E-state index in [1.54, 1.807) is 12.1 Å². The molecule has 2 saturated carbocycles. The Balaban J connectivity index is 1.26. The highest BCUT2D eigenvalue weighted by atomic mass is 19.1. The van der Waals surface area contributed by atoms with E-state index in [0.29, 0.717) is 54.3 Å². The molecule has 6 rings (SSSR count). The lowest BCUT2D eigenvalue weighted by Crippen LogP contribution is -2.54. The maximum Gasteiger partial charge on any atom is 0.305 e. The first-order valence-corrected chi connectivity index (χ1v) is 16.9. The van der Waals surface area contributed by atoms with Crippen LogP contribution in [-0.2, 0) is 14.3 Å². The number of hydrogen-bond donors (Lipinski definition) is 0. The summed E-state index contributed by atoms with van der Waals surface area (Å²) in [6, 6.07) is 6.93. The highest BCUT2D eigenvalue weighted by Crippen LogP contribution is 2.66. The maximum absolute atomic E-state index is 13.9. The van der Waals surface area contributed by atoms with Gasteiger partial charge in [0.2, 0.25) is 0 Å². The van der Waals surface area contributed by atoms with Crippen molar-refractivity contribution in [3.05, 3.63) is 83.1 Å². The average Bonchev–Trinajstić information content (AvgIpc) is 3.80. The van der Waals surface area contributed by atoms with Gasteiger partial charge in [0.05, 0.1) is 6.61 Å². The number of ketones is 1. The quantitative estimate of drug-likeness (QED) is 0.272. The standard InChI is InChI=1S/C39H48FO3/c1-5-39-18-17-26(9-7-12-36(41)43-6-2)20-29(39)22-34-37(25(4)32-23-33(32)38(34)42)35(39)16-14-27-13-15-31(24(3)19-27)28-10-8-11-30(40)21-28/h8,10-11,13-16,21,23-26,29,34-35,37H,5-7,9,12,17-20,22H2,1-4H3/b16-14+/t24?,25-,26-,29+,34-,35-,37-,39-/m0/s1. The Hall–Kier alpha value is -2.75. The van der Waals surface area contributed by atoms with Crippen molar-refractivity contribution < 1.29 is 18.7 Å². The Bertz CT molecular complexity index is 1380. The van der Waals surface area contributed by atoms with E-state index in [4.69, 9.17) is 4.74 Å². The smallest absolute Gasteiger partial charge is 0.305 e. The van der Waals surface area contributed by atoms with Crippen LogP contribution < -0.4 is 0 Å². The Labute approximate surface area is 257 Å². The number of esters is 1. The van der Waals surface area contributed by atoms with Crippen LogP contribution in [0.1, 0.15) is 91.0 Å². The molecule has 43 heavy (non-hydrogen) atoms. The first-order valence-electron chi connectivity index (χ1n) is 16.9. The zero-order valence-electron chi connectivity index (χ0n) is 26.4. The molecule has 0 aliphatic heterocycles. The first kappa shape index (κ1) is 30.3. The molecular weight excluding hydrogens is 535 g/mol. The van der Waals surface area contributed by atoms with Gasteiger partial charge in [0, 0.05) is 24.3 Å². The number of fused-ring (bicyclic) bond motifs is 2. The summed E-state index contributed by atoms with van der Waals surface area (Å²) in [5.74, 6) is 2.86. The molecule has 0 aromatic heterocycles. The SMILES string of the molecule is CCOC(=O)CCC[C@H]1CC[C@@]2(CC)[C@H](C1)C[C@@H]1C(=O)C3=C([CH]3)[C@H](C)[C@@H]1[C@@H]2/C=C/C1=CC=C(c2cccc(F)c2)C(C)C1. The number of carbonyl (C=O) groups is 2. The first-order chi connectivity index (χ1) is 20.8. The topological polar surface area (TPSA) is 43.4 Å². The van der Waals surface area contributed by atoms with Crippen molar-refractivity contribution >= 4 is 17.3 Å². The molecule has 1 aromatic carbocycles. The fraction of sp³-hybridized carbons (Fsp3) is 0.564. The van der Waals surface area contributed by atoms with E-state index in [1.165, 1.54) is 42.0 Å². The summed E-state index contributed by atoms with van der Waals surface area (Å²) in [4.78, 5) is 25.6. The fourth-order valence-corrected chi connectivity index (χ4v) is 9.70. The molecule has 3 nitrogen and oxygen atoms in total. The highest BCUT2D eigenvalue weighted by molar-refractivity contribution is 6.08. The summed E-state index contributed by atoms with van der Waals surface area (Å²) in [6.07, 6.45) is 20.6. The monoisotopic (exact) mass is 583 g/mol. The van der Waals surface area contributed by atoms with Crippen LogP contribution in [-0.4, -0.2) is 18.4 Å². The van der Waals surface area contributed by atoms with Gasteiger partial charge in [-0.2, -0.15) is 0 Å². The lowest BCUT2D eigenvalue weighted by Gasteiger charge is -2.59. The van der Waals surface area contributed by atoms with E-state index in [-0.39, 0.29) is 23.1 Å². The van der Waals surface area contributed by atoms with E-state index in [9.17, 15) is 14.0 Å². The second-order valence-corrected chi connectivity index (χ2v) is 14.1. The molecule has 1 radical (unpaired) electrons. The molecule has 1 aromatic rings. The molecule has 8 atom stereocenters. The number of ether oxygens (including phenoxy) is 1. The van der Waals surface area contributed by atoms with Gasteiger partial charge in [-0.3, -0.25) is 9.59 Å². The minimum Gasteiger partial charge on any atom is -0.466 e. The van der Waals surface area contributed by atoms with Gasteiger partial charge in [-0.05, 0) is 128 Å². The van der Waals surface area contributed by atoms with Gasteiger partial charge in [0.25, 0.3) is 0 Å². The predicted octanol–water partition coefficient (Wildman–Crippen LogP) is 9.26.